The number of nitrogens with zero attached hydrogens (tertiary/aromatic N) is 2. The molecular formula is C32H64N2. The van der Waals surface area contributed by atoms with Crippen LogP contribution in [0.5, 0.6) is 0 Å². The van der Waals surface area contributed by atoms with E-state index in [0.717, 1.165) is 0 Å². The summed E-state index contributed by atoms with van der Waals surface area (Å²) in [5.74, 6) is 0. The van der Waals surface area contributed by atoms with Crippen molar-refractivity contribution in [2.75, 3.05) is 13.1 Å². The first kappa shape index (κ1) is 31.4. The van der Waals surface area contributed by atoms with E-state index < -0.39 is 0 Å². The van der Waals surface area contributed by atoms with Crippen molar-refractivity contribution in [2.45, 2.75) is 181 Å². The molecule has 0 bridgehead atoms. The van der Waals surface area contributed by atoms with E-state index in [1.165, 1.54) is 167 Å². The fourth-order valence-corrected chi connectivity index (χ4v) is 5.55. The van der Waals surface area contributed by atoms with Crippen molar-refractivity contribution in [1.29, 1.82) is 0 Å². The normalized spacial score (nSPS) is 15.7. The Morgan fingerprint density at radius 1 is 0.382 bits per heavy atom. The molecule has 34 heavy (non-hydrogen) atoms. The fraction of sp³-hybridized carbons (Fsp3) is 0.938. The molecule has 0 fully saturated rings. The van der Waals surface area contributed by atoms with E-state index in [-0.39, 0.29) is 0 Å². The van der Waals surface area contributed by atoms with Crippen molar-refractivity contribution in [3.63, 3.8) is 0 Å². The molecule has 0 aromatic rings. The molecule has 2 heteroatoms. The van der Waals surface area contributed by atoms with Crippen molar-refractivity contribution < 1.29 is 0 Å². The van der Waals surface area contributed by atoms with Gasteiger partial charge in [0, 0.05) is 25.5 Å². The Kier molecular flexibility index (Phi) is 22.2. The van der Waals surface area contributed by atoms with E-state index in [9.17, 15) is 0 Å². The van der Waals surface area contributed by atoms with Crippen LogP contribution in [0, 0.1) is 0 Å². The summed E-state index contributed by atoms with van der Waals surface area (Å²) < 4.78 is 0. The van der Waals surface area contributed by atoms with Crippen LogP contribution >= 0.6 is 0 Å². The number of hydrogen-bond donors (Lipinski definition) is 0. The summed E-state index contributed by atoms with van der Waals surface area (Å²) in [4.78, 5) is 5.28. The van der Waals surface area contributed by atoms with Gasteiger partial charge in [-0.25, -0.2) is 0 Å². The summed E-state index contributed by atoms with van der Waals surface area (Å²) in [7, 11) is 0. The minimum Gasteiger partial charge on any atom is -0.356 e. The number of rotatable bonds is 26. The Balaban J connectivity index is 2.04. The lowest BCUT2D eigenvalue weighted by Gasteiger charge is -2.33. The van der Waals surface area contributed by atoms with Gasteiger partial charge in [-0.05, 0) is 25.7 Å². The molecule has 1 aliphatic rings. The summed E-state index contributed by atoms with van der Waals surface area (Å²) in [6, 6.07) is 0. The lowest BCUT2D eigenvalue weighted by Crippen LogP contribution is -2.39. The van der Waals surface area contributed by atoms with Crippen LogP contribution in [-0.2, 0) is 0 Å². The highest BCUT2D eigenvalue weighted by Crippen LogP contribution is 2.23. The maximum atomic E-state index is 2.67. The molecule has 0 amide bonds. The van der Waals surface area contributed by atoms with Crippen molar-refractivity contribution in [3.05, 3.63) is 12.4 Å². The van der Waals surface area contributed by atoms with Gasteiger partial charge in [-0.15, -0.1) is 0 Å². The summed E-state index contributed by atoms with van der Waals surface area (Å²) >= 11 is 0. The largest absolute Gasteiger partial charge is 0.356 e. The molecule has 1 rings (SSSR count). The van der Waals surface area contributed by atoms with Gasteiger partial charge in [0.2, 0.25) is 0 Å². The minimum atomic E-state index is 0.641. The number of hydrogen-bond acceptors (Lipinski definition) is 2. The van der Waals surface area contributed by atoms with Crippen LogP contribution in [-0.4, -0.2) is 29.1 Å². The summed E-state index contributed by atoms with van der Waals surface area (Å²) in [5, 5.41) is 0. The lowest BCUT2D eigenvalue weighted by atomic mass is 10.0. The first-order valence-corrected chi connectivity index (χ1v) is 16.0. The van der Waals surface area contributed by atoms with Crippen LogP contribution in [0.15, 0.2) is 12.4 Å². The molecule has 1 aliphatic heterocycles. The molecule has 1 unspecified atom stereocenters. The number of unbranched alkanes of at least 4 members (excludes halogenated alkanes) is 20. The smallest absolute Gasteiger partial charge is 0.101 e. The highest BCUT2D eigenvalue weighted by atomic mass is 15.4. The summed E-state index contributed by atoms with van der Waals surface area (Å²) in [6.07, 6.45) is 39.6. The molecule has 2 nitrogen and oxygen atoms in total. The third kappa shape index (κ3) is 16.9. The zero-order valence-electron chi connectivity index (χ0n) is 24.0. The van der Waals surface area contributed by atoms with Gasteiger partial charge in [-0.3, -0.25) is 0 Å². The van der Waals surface area contributed by atoms with E-state index in [1.807, 2.05) is 0 Å². The first-order chi connectivity index (χ1) is 16.8. The quantitative estimate of drug-likeness (QED) is 0.114. The van der Waals surface area contributed by atoms with E-state index in [0.29, 0.717) is 6.17 Å². The standard InChI is InChI=1S/C32H64N2/c1-4-7-9-11-13-15-16-17-18-20-22-24-26-29-34-31-30-33(28-6-3)32(34)27-25-23-21-19-14-12-10-8-5-2/h30-32H,4-29H2,1-3H3. The summed E-state index contributed by atoms with van der Waals surface area (Å²) in [6.45, 7) is 9.41. The van der Waals surface area contributed by atoms with E-state index in [1.54, 1.807) is 0 Å². The molecule has 202 valence electrons. The van der Waals surface area contributed by atoms with Gasteiger partial charge in [0.1, 0.15) is 6.17 Å². The molecule has 0 saturated carbocycles. The van der Waals surface area contributed by atoms with Gasteiger partial charge in [0.15, 0.2) is 0 Å². The highest BCUT2D eigenvalue weighted by molar-refractivity contribution is 4.96. The maximum Gasteiger partial charge on any atom is 0.101 e. The van der Waals surface area contributed by atoms with Crippen molar-refractivity contribution in [1.82, 2.24) is 9.80 Å². The lowest BCUT2D eigenvalue weighted by molar-refractivity contribution is 0.137. The highest BCUT2D eigenvalue weighted by Gasteiger charge is 2.24. The van der Waals surface area contributed by atoms with Crippen LogP contribution < -0.4 is 0 Å². The minimum absolute atomic E-state index is 0.641. The average molecular weight is 477 g/mol. The van der Waals surface area contributed by atoms with E-state index in [4.69, 9.17) is 0 Å². The monoisotopic (exact) mass is 477 g/mol. The first-order valence-electron chi connectivity index (χ1n) is 16.0. The molecule has 1 heterocycles. The van der Waals surface area contributed by atoms with Gasteiger partial charge in [0.25, 0.3) is 0 Å². The van der Waals surface area contributed by atoms with Crippen LogP contribution in [0.3, 0.4) is 0 Å². The van der Waals surface area contributed by atoms with Crippen LogP contribution in [0.4, 0.5) is 0 Å². The van der Waals surface area contributed by atoms with E-state index in [2.05, 4.69) is 43.0 Å². The average Bonchev–Trinajstić information content (AvgIpc) is 3.22. The van der Waals surface area contributed by atoms with Crippen LogP contribution in [0.2, 0.25) is 0 Å². The van der Waals surface area contributed by atoms with E-state index >= 15 is 0 Å². The Bertz CT molecular complexity index is 433. The second kappa shape index (κ2) is 24.1. The second-order valence-electron chi connectivity index (χ2n) is 11.1. The second-order valence-corrected chi connectivity index (χ2v) is 11.1. The van der Waals surface area contributed by atoms with Crippen LogP contribution in [0.25, 0.3) is 0 Å². The van der Waals surface area contributed by atoms with Crippen molar-refractivity contribution >= 4 is 0 Å². The predicted octanol–water partition coefficient (Wildman–Crippen LogP) is 10.8. The summed E-state index contributed by atoms with van der Waals surface area (Å²) in [5.41, 5.74) is 0. The van der Waals surface area contributed by atoms with Crippen molar-refractivity contribution in [3.8, 4) is 0 Å². The molecule has 0 aliphatic carbocycles. The van der Waals surface area contributed by atoms with Crippen molar-refractivity contribution in [2.24, 2.45) is 0 Å². The zero-order valence-corrected chi connectivity index (χ0v) is 24.0. The Morgan fingerprint density at radius 3 is 1.15 bits per heavy atom. The Hall–Kier alpha value is -0.660. The third-order valence-corrected chi connectivity index (χ3v) is 7.78. The SMILES string of the molecule is CCCCCCCCCCCCCCCN1C=CN(CCC)C1CCCCCCCCCCC. The van der Waals surface area contributed by atoms with Gasteiger partial charge >= 0.3 is 0 Å². The molecular weight excluding hydrogens is 412 g/mol. The molecule has 0 N–H and O–H groups in total. The molecule has 0 aromatic heterocycles. The Labute approximate surface area is 216 Å². The molecule has 0 radical (unpaired) electrons. The van der Waals surface area contributed by atoms with Gasteiger partial charge in [0.05, 0.1) is 0 Å². The zero-order chi connectivity index (χ0) is 24.5. The molecule has 0 saturated heterocycles. The van der Waals surface area contributed by atoms with Gasteiger partial charge < -0.3 is 9.80 Å². The fourth-order valence-electron chi connectivity index (χ4n) is 5.55. The molecule has 0 spiro atoms. The predicted molar refractivity (Wildman–Crippen MR) is 154 cm³/mol. The van der Waals surface area contributed by atoms with Gasteiger partial charge in [-0.2, -0.15) is 0 Å². The van der Waals surface area contributed by atoms with Gasteiger partial charge in [-0.1, -0.05) is 149 Å². The maximum absolute atomic E-state index is 2.67. The topological polar surface area (TPSA) is 6.48 Å². The molecule has 0 aromatic carbocycles. The third-order valence-electron chi connectivity index (χ3n) is 7.78. The van der Waals surface area contributed by atoms with Crippen LogP contribution in [0.1, 0.15) is 175 Å². The Morgan fingerprint density at radius 2 is 0.735 bits per heavy atom. The molecule has 1 atom stereocenters.